The molecular weight excluding hydrogens is 338 g/mol. The van der Waals surface area contributed by atoms with Crippen LogP contribution in [-0.2, 0) is 16.6 Å². The number of hydrogen-bond donors (Lipinski definition) is 1. The van der Waals surface area contributed by atoms with Crippen molar-refractivity contribution in [1.82, 2.24) is 4.31 Å². The van der Waals surface area contributed by atoms with E-state index in [-0.39, 0.29) is 11.5 Å². The smallest absolute Gasteiger partial charge is 0.244 e. The van der Waals surface area contributed by atoms with Crippen LogP contribution in [0.25, 0.3) is 0 Å². The highest BCUT2D eigenvalue weighted by Crippen LogP contribution is 2.33. The molecule has 7 heteroatoms. The number of rotatable bonds is 6. The minimum atomic E-state index is -3.48. The predicted molar refractivity (Wildman–Crippen MR) is 77.2 cm³/mol. The average molecular weight is 356 g/mol. The molecule has 1 rings (SSSR count). The van der Waals surface area contributed by atoms with Gasteiger partial charge in [-0.2, -0.15) is 0 Å². The number of aliphatic hydroxyl groups excluding tert-OH is 1. The van der Waals surface area contributed by atoms with Gasteiger partial charge in [0.25, 0.3) is 0 Å². The second-order valence-electron chi connectivity index (χ2n) is 4.31. The fraction of sp³-hybridized carbons (Fsp3) is 0.636. The molecule has 0 saturated heterocycles. The van der Waals surface area contributed by atoms with Crippen LogP contribution in [0.4, 0.5) is 0 Å². The fourth-order valence-electron chi connectivity index (χ4n) is 1.49. The van der Waals surface area contributed by atoms with Crippen LogP contribution in [0.5, 0.6) is 0 Å². The van der Waals surface area contributed by atoms with E-state index in [4.69, 9.17) is 5.11 Å². The molecule has 0 radical (unpaired) electrons. The van der Waals surface area contributed by atoms with Crippen LogP contribution >= 0.6 is 27.3 Å². The van der Waals surface area contributed by atoms with Crippen LogP contribution in [0.15, 0.2) is 14.7 Å². The molecule has 0 bridgehead atoms. The molecule has 0 amide bonds. The molecule has 1 atom stereocenters. The SMILES string of the molecule is CCC(C)CN(C)S(=O)(=O)c1cc(CO)sc1Br. The summed E-state index contributed by atoms with van der Waals surface area (Å²) < 4.78 is 26.6. The van der Waals surface area contributed by atoms with Crippen molar-refractivity contribution in [3.63, 3.8) is 0 Å². The highest BCUT2D eigenvalue weighted by molar-refractivity contribution is 9.11. The molecule has 1 aromatic rings. The molecule has 0 aliphatic heterocycles. The zero-order valence-electron chi connectivity index (χ0n) is 10.7. The Kier molecular flexibility index (Phi) is 5.79. The van der Waals surface area contributed by atoms with E-state index in [0.717, 1.165) is 6.42 Å². The van der Waals surface area contributed by atoms with Gasteiger partial charge in [-0.05, 0) is 27.9 Å². The van der Waals surface area contributed by atoms with E-state index < -0.39 is 10.0 Å². The van der Waals surface area contributed by atoms with E-state index in [9.17, 15) is 8.42 Å². The molecule has 1 aromatic heterocycles. The third-order valence-electron chi connectivity index (χ3n) is 2.82. The Morgan fingerprint density at radius 2 is 2.17 bits per heavy atom. The second-order valence-corrected chi connectivity index (χ2v) is 8.78. The Labute approximate surface area is 121 Å². The van der Waals surface area contributed by atoms with E-state index in [2.05, 4.69) is 15.9 Å². The molecule has 0 aromatic carbocycles. The van der Waals surface area contributed by atoms with Crippen LogP contribution < -0.4 is 0 Å². The summed E-state index contributed by atoms with van der Waals surface area (Å²) in [6.45, 7) is 4.41. The molecule has 18 heavy (non-hydrogen) atoms. The summed E-state index contributed by atoms with van der Waals surface area (Å²) in [5.41, 5.74) is 0. The third kappa shape index (κ3) is 3.54. The molecule has 0 aliphatic carbocycles. The van der Waals surface area contributed by atoms with Crippen LogP contribution in [0.1, 0.15) is 25.1 Å². The number of aliphatic hydroxyl groups is 1. The lowest BCUT2D eigenvalue weighted by molar-refractivity contribution is 0.285. The Bertz CT molecular complexity index is 498. The second kappa shape index (κ2) is 6.47. The molecule has 104 valence electrons. The standard InChI is InChI=1S/C11H18BrNO3S2/c1-4-8(2)6-13(3)18(15,16)10-5-9(7-14)17-11(10)12/h5,8,14H,4,6-7H2,1-3H3. The largest absolute Gasteiger partial charge is 0.391 e. The molecule has 0 aliphatic rings. The highest BCUT2D eigenvalue weighted by Gasteiger charge is 2.26. The van der Waals surface area contributed by atoms with Crippen molar-refractivity contribution in [2.75, 3.05) is 13.6 Å². The van der Waals surface area contributed by atoms with Crippen molar-refractivity contribution in [2.24, 2.45) is 5.92 Å². The maximum absolute atomic E-state index is 12.4. The number of thiophene rings is 1. The molecule has 0 saturated carbocycles. The van der Waals surface area contributed by atoms with Crippen LogP contribution in [-0.4, -0.2) is 31.4 Å². The van der Waals surface area contributed by atoms with Crippen molar-refractivity contribution in [2.45, 2.75) is 31.8 Å². The van der Waals surface area contributed by atoms with Gasteiger partial charge < -0.3 is 5.11 Å². The lowest BCUT2D eigenvalue weighted by atomic mass is 10.1. The first-order chi connectivity index (χ1) is 8.32. The zero-order chi connectivity index (χ0) is 13.9. The van der Waals surface area contributed by atoms with Crippen molar-refractivity contribution in [3.8, 4) is 0 Å². The molecule has 0 fully saturated rings. The summed E-state index contributed by atoms with van der Waals surface area (Å²) in [7, 11) is -1.89. The molecule has 4 nitrogen and oxygen atoms in total. The average Bonchev–Trinajstić information content (AvgIpc) is 2.70. The van der Waals surface area contributed by atoms with Crippen molar-refractivity contribution in [3.05, 3.63) is 14.7 Å². The Morgan fingerprint density at radius 3 is 2.61 bits per heavy atom. The lowest BCUT2D eigenvalue weighted by Crippen LogP contribution is -2.30. The summed E-state index contributed by atoms with van der Waals surface area (Å²) in [5.74, 6) is 0.319. The van der Waals surface area contributed by atoms with E-state index in [1.165, 1.54) is 21.7 Å². The number of hydrogen-bond acceptors (Lipinski definition) is 4. The Balaban J connectivity index is 3.01. The monoisotopic (exact) mass is 355 g/mol. The first-order valence-corrected chi connectivity index (χ1v) is 8.73. The van der Waals surface area contributed by atoms with Gasteiger partial charge in [-0.3, -0.25) is 0 Å². The summed E-state index contributed by atoms with van der Waals surface area (Å²) in [6, 6.07) is 1.52. The Hall–Kier alpha value is 0.0500. The quantitative estimate of drug-likeness (QED) is 0.853. The van der Waals surface area contributed by atoms with E-state index >= 15 is 0 Å². The maximum Gasteiger partial charge on any atom is 0.244 e. The summed E-state index contributed by atoms with van der Waals surface area (Å²) in [5, 5.41) is 9.04. The minimum absolute atomic E-state index is 0.145. The molecule has 0 spiro atoms. The predicted octanol–water partition coefficient (Wildman–Crippen LogP) is 2.67. The number of sulfonamides is 1. The maximum atomic E-state index is 12.4. The van der Waals surface area contributed by atoms with Crippen molar-refractivity contribution >= 4 is 37.3 Å². The van der Waals surface area contributed by atoms with E-state index in [1.54, 1.807) is 7.05 Å². The molecule has 1 unspecified atom stereocenters. The number of halogens is 1. The summed E-state index contributed by atoms with van der Waals surface area (Å²) >= 11 is 4.49. The van der Waals surface area contributed by atoms with E-state index in [0.29, 0.717) is 21.1 Å². The van der Waals surface area contributed by atoms with Gasteiger partial charge in [0.05, 0.1) is 10.4 Å². The van der Waals surface area contributed by atoms with Gasteiger partial charge in [-0.25, -0.2) is 12.7 Å². The number of nitrogens with zero attached hydrogens (tertiary/aromatic N) is 1. The third-order valence-corrected chi connectivity index (χ3v) is 6.88. The van der Waals surface area contributed by atoms with Crippen molar-refractivity contribution in [1.29, 1.82) is 0 Å². The van der Waals surface area contributed by atoms with Gasteiger partial charge in [0.2, 0.25) is 10.0 Å². The summed E-state index contributed by atoms with van der Waals surface area (Å²) in [4.78, 5) is 0.875. The van der Waals surface area contributed by atoms with Gasteiger partial charge in [-0.15, -0.1) is 11.3 Å². The normalized spacial score (nSPS) is 14.1. The zero-order valence-corrected chi connectivity index (χ0v) is 13.9. The summed E-state index contributed by atoms with van der Waals surface area (Å²) in [6.07, 6.45) is 0.937. The van der Waals surface area contributed by atoms with Gasteiger partial charge >= 0.3 is 0 Å². The Morgan fingerprint density at radius 1 is 1.56 bits per heavy atom. The first-order valence-electron chi connectivity index (χ1n) is 5.68. The molecule has 1 heterocycles. The lowest BCUT2D eigenvalue weighted by Gasteiger charge is -2.20. The van der Waals surface area contributed by atoms with Gasteiger partial charge in [-0.1, -0.05) is 20.3 Å². The van der Waals surface area contributed by atoms with Gasteiger partial charge in [0, 0.05) is 18.5 Å². The fourth-order valence-corrected chi connectivity index (χ4v) is 5.26. The van der Waals surface area contributed by atoms with Gasteiger partial charge in [0.15, 0.2) is 0 Å². The van der Waals surface area contributed by atoms with Crippen LogP contribution in [0.3, 0.4) is 0 Å². The first kappa shape index (κ1) is 16.1. The molecular formula is C11H18BrNO3S2. The molecule has 1 N–H and O–H groups in total. The van der Waals surface area contributed by atoms with E-state index in [1.807, 2.05) is 13.8 Å². The van der Waals surface area contributed by atoms with Crippen LogP contribution in [0.2, 0.25) is 0 Å². The highest BCUT2D eigenvalue weighted by atomic mass is 79.9. The minimum Gasteiger partial charge on any atom is -0.391 e. The topological polar surface area (TPSA) is 57.6 Å². The van der Waals surface area contributed by atoms with Crippen LogP contribution in [0, 0.1) is 5.92 Å². The van der Waals surface area contributed by atoms with Crippen molar-refractivity contribution < 1.29 is 13.5 Å². The van der Waals surface area contributed by atoms with Gasteiger partial charge in [0.1, 0.15) is 4.90 Å².